The van der Waals surface area contributed by atoms with Crippen LogP contribution in [0.5, 0.6) is 5.75 Å². The Morgan fingerprint density at radius 2 is 2.25 bits per heavy atom. The Morgan fingerprint density at radius 3 is 2.75 bits per heavy atom. The van der Waals surface area contributed by atoms with E-state index in [4.69, 9.17) is 4.74 Å². The predicted octanol–water partition coefficient (Wildman–Crippen LogP) is 2.57. The molecule has 1 rings (SSSR count). The molecule has 12 heavy (non-hydrogen) atoms. The molecule has 0 aromatic heterocycles. The lowest BCUT2D eigenvalue weighted by molar-refractivity contribution is 0.136. The van der Waals surface area contributed by atoms with E-state index < -0.39 is 0 Å². The Balaban J connectivity index is 2.64. The Bertz CT molecular complexity index is 231. The van der Waals surface area contributed by atoms with Crippen molar-refractivity contribution in [2.24, 2.45) is 0 Å². The van der Waals surface area contributed by atoms with Crippen molar-refractivity contribution in [3.8, 4) is 5.75 Å². The van der Waals surface area contributed by atoms with Crippen LogP contribution in [0.15, 0.2) is 24.3 Å². The molecule has 0 aliphatic carbocycles. The molecule has 0 bridgehead atoms. The lowest BCUT2D eigenvalue weighted by atomic mass is 10.2. The summed E-state index contributed by atoms with van der Waals surface area (Å²) in [5.41, 5.74) is -0.221. The molecule has 1 aromatic carbocycles. The fraction of sp³-hybridized carbons (Fsp3) is 0.400. The van der Waals surface area contributed by atoms with Gasteiger partial charge in [0.05, 0.1) is 0 Å². The van der Waals surface area contributed by atoms with Gasteiger partial charge in [-0.05, 0) is 19.9 Å². The highest BCUT2D eigenvalue weighted by Crippen LogP contribution is 2.17. The molecule has 65 valence electrons. The summed E-state index contributed by atoms with van der Waals surface area (Å²) < 4.78 is 5.62. The third-order valence-electron chi connectivity index (χ3n) is 1.45. The highest BCUT2D eigenvalue weighted by molar-refractivity contribution is 7.80. The highest BCUT2D eigenvalue weighted by atomic mass is 32.1. The molecule has 1 nitrogen and oxygen atoms in total. The van der Waals surface area contributed by atoms with E-state index in [1.807, 2.05) is 38.1 Å². The third-order valence-corrected chi connectivity index (χ3v) is 2.21. The zero-order chi connectivity index (χ0) is 9.03. The molecule has 0 aliphatic rings. The summed E-state index contributed by atoms with van der Waals surface area (Å²) in [4.78, 5) is 0. The van der Waals surface area contributed by atoms with Gasteiger partial charge in [-0.25, -0.2) is 0 Å². The number of hydrogen-bond donors (Lipinski definition) is 1. The molecule has 0 saturated carbocycles. The number of rotatable bonds is 3. The van der Waals surface area contributed by atoms with Gasteiger partial charge in [0.25, 0.3) is 0 Å². The van der Waals surface area contributed by atoms with Crippen LogP contribution in [0.1, 0.15) is 13.8 Å². The van der Waals surface area contributed by atoms with E-state index in [0.717, 1.165) is 5.75 Å². The summed E-state index contributed by atoms with van der Waals surface area (Å²) >= 11 is 4.19. The molecular formula is C10H13OS. The Kier molecular flexibility index (Phi) is 3.04. The second kappa shape index (κ2) is 3.85. The van der Waals surface area contributed by atoms with Crippen molar-refractivity contribution >= 4 is 12.6 Å². The zero-order valence-corrected chi connectivity index (χ0v) is 8.27. The van der Waals surface area contributed by atoms with Gasteiger partial charge in [0, 0.05) is 11.8 Å². The van der Waals surface area contributed by atoms with Gasteiger partial charge in [-0.15, -0.1) is 0 Å². The van der Waals surface area contributed by atoms with Crippen LogP contribution < -0.4 is 4.74 Å². The first kappa shape index (κ1) is 9.46. The fourth-order valence-electron chi connectivity index (χ4n) is 0.770. The van der Waals surface area contributed by atoms with Gasteiger partial charge in [0.15, 0.2) is 0 Å². The van der Waals surface area contributed by atoms with Crippen LogP contribution in [-0.4, -0.2) is 11.4 Å². The SMILES string of the molecule is CC(C)(CS)Oc1[c]cccc1. The maximum Gasteiger partial charge on any atom is 0.128 e. The molecule has 1 radical (unpaired) electrons. The Hall–Kier alpha value is -0.630. The van der Waals surface area contributed by atoms with Gasteiger partial charge in [0.1, 0.15) is 11.4 Å². The Morgan fingerprint density at radius 1 is 1.50 bits per heavy atom. The first-order valence-electron chi connectivity index (χ1n) is 3.91. The summed E-state index contributed by atoms with van der Waals surface area (Å²) in [6.07, 6.45) is 0. The number of benzene rings is 1. The number of thiol groups is 1. The molecule has 2 heteroatoms. The molecule has 0 fully saturated rings. The molecule has 0 spiro atoms. The van der Waals surface area contributed by atoms with Crippen LogP contribution >= 0.6 is 12.6 Å². The zero-order valence-electron chi connectivity index (χ0n) is 7.37. The molecule has 0 heterocycles. The maximum atomic E-state index is 5.62. The van der Waals surface area contributed by atoms with Crippen LogP contribution in [0, 0.1) is 6.07 Å². The Labute approximate surface area is 79.2 Å². The van der Waals surface area contributed by atoms with Crippen molar-refractivity contribution in [1.29, 1.82) is 0 Å². The van der Waals surface area contributed by atoms with Crippen molar-refractivity contribution < 1.29 is 4.74 Å². The molecule has 0 N–H and O–H groups in total. The van der Waals surface area contributed by atoms with Crippen LogP contribution in [-0.2, 0) is 0 Å². The maximum absolute atomic E-state index is 5.62. The van der Waals surface area contributed by atoms with E-state index >= 15 is 0 Å². The highest BCUT2D eigenvalue weighted by Gasteiger charge is 2.16. The molecular weight excluding hydrogens is 168 g/mol. The average Bonchev–Trinajstić information content (AvgIpc) is 2.06. The van der Waals surface area contributed by atoms with Crippen molar-refractivity contribution in [2.45, 2.75) is 19.4 Å². The summed E-state index contributed by atoms with van der Waals surface area (Å²) in [5.74, 6) is 1.46. The number of para-hydroxylation sites is 1. The molecule has 1 aromatic rings. The quantitative estimate of drug-likeness (QED) is 0.705. The van der Waals surface area contributed by atoms with Gasteiger partial charge in [-0.1, -0.05) is 18.2 Å². The van der Waals surface area contributed by atoms with Gasteiger partial charge in [0.2, 0.25) is 0 Å². The first-order chi connectivity index (χ1) is 5.64. The summed E-state index contributed by atoms with van der Waals surface area (Å²) in [7, 11) is 0. The lowest BCUT2D eigenvalue weighted by Gasteiger charge is -2.23. The van der Waals surface area contributed by atoms with Gasteiger partial charge in [-0.2, -0.15) is 12.6 Å². The standard InChI is InChI=1S/C10H13OS/c1-10(2,8-12)11-9-6-4-3-5-7-9/h3-6,12H,8H2,1-2H3. The topological polar surface area (TPSA) is 9.23 Å². The molecule has 0 aliphatic heterocycles. The third kappa shape index (κ3) is 2.78. The van der Waals surface area contributed by atoms with E-state index in [1.165, 1.54) is 0 Å². The van der Waals surface area contributed by atoms with Gasteiger partial charge in [-0.3, -0.25) is 0 Å². The second-order valence-electron chi connectivity index (χ2n) is 3.25. The monoisotopic (exact) mass is 181 g/mol. The average molecular weight is 181 g/mol. The first-order valence-corrected chi connectivity index (χ1v) is 4.54. The van der Waals surface area contributed by atoms with E-state index in [2.05, 4.69) is 18.7 Å². The fourth-order valence-corrected chi connectivity index (χ4v) is 0.835. The number of hydrogen-bond acceptors (Lipinski definition) is 2. The largest absolute Gasteiger partial charge is 0.486 e. The minimum atomic E-state index is -0.221. The molecule has 0 atom stereocenters. The van der Waals surface area contributed by atoms with Crippen LogP contribution in [0.25, 0.3) is 0 Å². The molecule has 0 unspecified atom stereocenters. The smallest absolute Gasteiger partial charge is 0.128 e. The summed E-state index contributed by atoms with van der Waals surface area (Å²) in [6, 6.07) is 10.6. The lowest BCUT2D eigenvalue weighted by Crippen LogP contribution is -2.30. The van der Waals surface area contributed by atoms with Crippen molar-refractivity contribution in [1.82, 2.24) is 0 Å². The van der Waals surface area contributed by atoms with Crippen LogP contribution in [0.3, 0.4) is 0 Å². The normalized spacial score (nSPS) is 11.2. The summed E-state index contributed by atoms with van der Waals surface area (Å²) in [6.45, 7) is 4.00. The van der Waals surface area contributed by atoms with Crippen molar-refractivity contribution in [3.05, 3.63) is 30.3 Å². The van der Waals surface area contributed by atoms with Crippen molar-refractivity contribution in [3.63, 3.8) is 0 Å². The van der Waals surface area contributed by atoms with Crippen molar-refractivity contribution in [2.75, 3.05) is 5.75 Å². The van der Waals surface area contributed by atoms with Gasteiger partial charge < -0.3 is 4.74 Å². The van der Waals surface area contributed by atoms with E-state index in [0.29, 0.717) is 5.75 Å². The number of ether oxygens (including phenoxy) is 1. The second-order valence-corrected chi connectivity index (χ2v) is 3.56. The van der Waals surface area contributed by atoms with E-state index in [1.54, 1.807) is 0 Å². The van der Waals surface area contributed by atoms with Crippen LogP contribution in [0.4, 0.5) is 0 Å². The van der Waals surface area contributed by atoms with E-state index in [9.17, 15) is 0 Å². The molecule has 0 amide bonds. The predicted molar refractivity (Wildman–Crippen MR) is 53.8 cm³/mol. The van der Waals surface area contributed by atoms with E-state index in [-0.39, 0.29) is 5.60 Å². The van der Waals surface area contributed by atoms with Gasteiger partial charge >= 0.3 is 0 Å². The minimum absolute atomic E-state index is 0.221. The summed E-state index contributed by atoms with van der Waals surface area (Å²) in [5, 5.41) is 0. The minimum Gasteiger partial charge on any atom is -0.486 e. The molecule has 0 saturated heterocycles. The van der Waals surface area contributed by atoms with Crippen LogP contribution in [0.2, 0.25) is 0 Å².